The molecule has 20 heavy (non-hydrogen) atoms. The van der Waals surface area contributed by atoms with Gasteiger partial charge in [-0.25, -0.2) is 4.98 Å². The molecule has 0 saturated carbocycles. The molecule has 0 fully saturated rings. The summed E-state index contributed by atoms with van der Waals surface area (Å²) in [4.78, 5) is 4.33. The molecule has 108 valence electrons. The number of aromatic nitrogens is 1. The lowest BCUT2D eigenvalue weighted by atomic mass is 10.1. The molecule has 1 aromatic carbocycles. The first-order valence-electron chi connectivity index (χ1n) is 6.55. The maximum absolute atomic E-state index is 5.30. The third-order valence-corrected chi connectivity index (χ3v) is 4.11. The minimum atomic E-state index is 0.426. The molecule has 0 bridgehead atoms. The molecule has 0 radical (unpaired) electrons. The van der Waals surface area contributed by atoms with E-state index in [2.05, 4.69) is 17.2 Å². The summed E-state index contributed by atoms with van der Waals surface area (Å²) in [5.41, 5.74) is 1.17. The van der Waals surface area contributed by atoms with Gasteiger partial charge >= 0.3 is 0 Å². The van der Waals surface area contributed by atoms with Crippen LogP contribution in [0.4, 0.5) is 0 Å². The first-order valence-corrected chi connectivity index (χ1v) is 7.43. The largest absolute Gasteiger partial charge is 0.493 e. The Morgan fingerprint density at radius 3 is 2.70 bits per heavy atom. The zero-order valence-corrected chi connectivity index (χ0v) is 12.9. The van der Waals surface area contributed by atoms with Crippen LogP contribution in [0.5, 0.6) is 11.5 Å². The van der Waals surface area contributed by atoms with Crippen LogP contribution in [0.2, 0.25) is 0 Å². The van der Waals surface area contributed by atoms with Crippen molar-refractivity contribution in [2.24, 2.45) is 0 Å². The predicted molar refractivity (Wildman–Crippen MR) is 81.8 cm³/mol. The topological polar surface area (TPSA) is 43.4 Å². The molecule has 0 amide bonds. The van der Waals surface area contributed by atoms with Crippen LogP contribution in [0.25, 0.3) is 0 Å². The van der Waals surface area contributed by atoms with Gasteiger partial charge in [0.1, 0.15) is 0 Å². The zero-order valence-electron chi connectivity index (χ0n) is 12.1. The molecule has 1 unspecified atom stereocenters. The van der Waals surface area contributed by atoms with Crippen LogP contribution in [-0.4, -0.2) is 25.7 Å². The summed E-state index contributed by atoms with van der Waals surface area (Å²) in [5.74, 6) is 1.95. The van der Waals surface area contributed by atoms with Gasteiger partial charge in [-0.1, -0.05) is 13.0 Å². The van der Waals surface area contributed by atoms with E-state index >= 15 is 0 Å². The summed E-state index contributed by atoms with van der Waals surface area (Å²) < 4.78 is 10.5. The average Bonchev–Trinajstić information content (AvgIpc) is 3.01. The fourth-order valence-electron chi connectivity index (χ4n) is 1.99. The minimum Gasteiger partial charge on any atom is -0.493 e. The molecule has 1 N–H and O–H groups in total. The van der Waals surface area contributed by atoms with E-state index in [9.17, 15) is 0 Å². The van der Waals surface area contributed by atoms with Gasteiger partial charge in [-0.2, -0.15) is 0 Å². The van der Waals surface area contributed by atoms with Crippen LogP contribution < -0.4 is 14.8 Å². The third kappa shape index (κ3) is 3.71. The fraction of sp³-hybridized carbons (Fsp3) is 0.400. The number of hydrogen-bond acceptors (Lipinski definition) is 5. The van der Waals surface area contributed by atoms with Crippen molar-refractivity contribution in [3.8, 4) is 11.5 Å². The van der Waals surface area contributed by atoms with Gasteiger partial charge < -0.3 is 14.8 Å². The molecule has 2 aromatic rings. The SMILES string of the molecule is COc1ccc(CNCC(C)c2nccs2)cc1OC. The summed E-state index contributed by atoms with van der Waals surface area (Å²) in [7, 11) is 3.30. The van der Waals surface area contributed by atoms with E-state index in [0.717, 1.165) is 24.6 Å². The Kier molecular flexibility index (Phi) is 5.38. The molecule has 1 aromatic heterocycles. The average molecular weight is 292 g/mol. The van der Waals surface area contributed by atoms with Gasteiger partial charge in [0.15, 0.2) is 11.5 Å². The second-order valence-electron chi connectivity index (χ2n) is 4.59. The lowest BCUT2D eigenvalue weighted by Gasteiger charge is -2.12. The molecule has 0 saturated heterocycles. The first kappa shape index (κ1) is 14.8. The van der Waals surface area contributed by atoms with Crippen LogP contribution in [-0.2, 0) is 6.54 Å². The Hall–Kier alpha value is -1.59. The summed E-state index contributed by atoms with van der Waals surface area (Å²) in [6, 6.07) is 5.97. The Labute approximate surface area is 123 Å². The first-order chi connectivity index (χ1) is 9.74. The number of nitrogens with one attached hydrogen (secondary N) is 1. The number of benzene rings is 1. The molecule has 0 aliphatic carbocycles. The summed E-state index contributed by atoms with van der Waals surface area (Å²) in [6.07, 6.45) is 1.85. The third-order valence-electron chi connectivity index (χ3n) is 3.10. The number of hydrogen-bond donors (Lipinski definition) is 1. The number of methoxy groups -OCH3 is 2. The number of ether oxygens (including phenoxy) is 2. The Bertz CT molecular complexity index is 529. The van der Waals surface area contributed by atoms with Crippen molar-refractivity contribution in [1.82, 2.24) is 10.3 Å². The molecule has 0 aliphatic heterocycles. The van der Waals surface area contributed by atoms with Crippen molar-refractivity contribution in [2.45, 2.75) is 19.4 Å². The second kappa shape index (κ2) is 7.26. The molecule has 1 atom stereocenters. The van der Waals surface area contributed by atoms with Crippen LogP contribution in [0, 0.1) is 0 Å². The predicted octanol–water partition coefficient (Wildman–Crippen LogP) is 3.05. The van der Waals surface area contributed by atoms with Gasteiger partial charge in [-0.3, -0.25) is 0 Å². The summed E-state index contributed by atoms with van der Waals surface area (Å²) in [5, 5.41) is 6.63. The van der Waals surface area contributed by atoms with Crippen LogP contribution in [0.1, 0.15) is 23.4 Å². The molecule has 1 heterocycles. The maximum Gasteiger partial charge on any atom is 0.161 e. The highest BCUT2D eigenvalue weighted by Crippen LogP contribution is 2.27. The van der Waals surface area contributed by atoms with Gasteiger partial charge in [0.05, 0.1) is 19.2 Å². The monoisotopic (exact) mass is 292 g/mol. The lowest BCUT2D eigenvalue weighted by Crippen LogP contribution is -2.19. The zero-order chi connectivity index (χ0) is 14.4. The van der Waals surface area contributed by atoms with E-state index in [0.29, 0.717) is 5.92 Å². The van der Waals surface area contributed by atoms with E-state index in [4.69, 9.17) is 9.47 Å². The summed E-state index contributed by atoms with van der Waals surface area (Å²) in [6.45, 7) is 3.89. The molecule has 0 aliphatic rings. The maximum atomic E-state index is 5.30. The van der Waals surface area contributed by atoms with Crippen molar-refractivity contribution in [3.05, 3.63) is 40.3 Å². The highest BCUT2D eigenvalue weighted by atomic mass is 32.1. The Morgan fingerprint density at radius 2 is 2.05 bits per heavy atom. The molecule has 5 heteroatoms. The molecule has 2 rings (SSSR count). The fourth-order valence-corrected chi connectivity index (χ4v) is 2.69. The van der Waals surface area contributed by atoms with Gasteiger partial charge in [-0.05, 0) is 17.7 Å². The van der Waals surface area contributed by atoms with Crippen molar-refractivity contribution in [1.29, 1.82) is 0 Å². The molecular formula is C15H20N2O2S. The highest BCUT2D eigenvalue weighted by molar-refractivity contribution is 7.09. The van der Waals surface area contributed by atoms with Gasteiger partial charge in [0.25, 0.3) is 0 Å². The minimum absolute atomic E-state index is 0.426. The van der Waals surface area contributed by atoms with E-state index in [1.54, 1.807) is 25.6 Å². The van der Waals surface area contributed by atoms with Gasteiger partial charge in [-0.15, -0.1) is 11.3 Å². The van der Waals surface area contributed by atoms with Crippen LogP contribution in [0.3, 0.4) is 0 Å². The molecule has 4 nitrogen and oxygen atoms in total. The number of nitrogens with zero attached hydrogens (tertiary/aromatic N) is 1. The lowest BCUT2D eigenvalue weighted by molar-refractivity contribution is 0.354. The normalized spacial score (nSPS) is 12.2. The van der Waals surface area contributed by atoms with Gasteiger partial charge in [0.2, 0.25) is 0 Å². The Morgan fingerprint density at radius 1 is 1.25 bits per heavy atom. The number of thiazole rings is 1. The number of rotatable bonds is 7. The highest BCUT2D eigenvalue weighted by Gasteiger charge is 2.08. The standard InChI is InChI=1S/C15H20N2O2S/c1-11(15-17-6-7-20-15)9-16-10-12-4-5-13(18-2)14(8-12)19-3/h4-8,11,16H,9-10H2,1-3H3. The van der Waals surface area contributed by atoms with Crippen LogP contribution in [0.15, 0.2) is 29.8 Å². The van der Waals surface area contributed by atoms with Crippen LogP contribution >= 0.6 is 11.3 Å². The summed E-state index contributed by atoms with van der Waals surface area (Å²) >= 11 is 1.70. The van der Waals surface area contributed by atoms with E-state index in [1.165, 1.54) is 10.6 Å². The van der Waals surface area contributed by atoms with E-state index in [1.807, 2.05) is 29.8 Å². The molecular weight excluding hydrogens is 272 g/mol. The van der Waals surface area contributed by atoms with Gasteiger partial charge in [0, 0.05) is 30.6 Å². The van der Waals surface area contributed by atoms with Crippen molar-refractivity contribution >= 4 is 11.3 Å². The second-order valence-corrected chi connectivity index (χ2v) is 5.52. The molecule has 0 spiro atoms. The van der Waals surface area contributed by atoms with E-state index < -0.39 is 0 Å². The van der Waals surface area contributed by atoms with E-state index in [-0.39, 0.29) is 0 Å². The smallest absolute Gasteiger partial charge is 0.161 e. The van der Waals surface area contributed by atoms with Crippen molar-refractivity contribution in [3.63, 3.8) is 0 Å². The van der Waals surface area contributed by atoms with Crippen molar-refractivity contribution < 1.29 is 9.47 Å². The van der Waals surface area contributed by atoms with Crippen molar-refractivity contribution in [2.75, 3.05) is 20.8 Å². The quantitative estimate of drug-likeness (QED) is 0.852. The Balaban J connectivity index is 1.88.